The zero-order valence-corrected chi connectivity index (χ0v) is 16.6. The van der Waals surface area contributed by atoms with Crippen molar-refractivity contribution in [2.45, 2.75) is 45.4 Å². The van der Waals surface area contributed by atoms with Crippen LogP contribution in [0.1, 0.15) is 28.2 Å². The van der Waals surface area contributed by atoms with Gasteiger partial charge in [0.1, 0.15) is 6.10 Å². The molecule has 1 saturated heterocycles. The van der Waals surface area contributed by atoms with E-state index in [0.717, 1.165) is 14.9 Å². The molecule has 110 valence electrons. The largest absolute Gasteiger partial charge is 1.00 e. The molecule has 5 nitrogen and oxygen atoms in total. The van der Waals surface area contributed by atoms with Gasteiger partial charge in [-0.2, -0.15) is 0 Å². The molecule has 2 atom stereocenters. The van der Waals surface area contributed by atoms with Crippen LogP contribution in [0, 0.1) is 13.8 Å². The van der Waals surface area contributed by atoms with Crippen molar-refractivity contribution in [2.24, 2.45) is 0 Å². The normalized spacial score (nSPS) is 20.9. The predicted molar refractivity (Wildman–Crippen MR) is 76.2 cm³/mol. The van der Waals surface area contributed by atoms with Gasteiger partial charge in [0.15, 0.2) is 0 Å². The van der Waals surface area contributed by atoms with Crippen molar-refractivity contribution in [3.63, 3.8) is 0 Å². The molecule has 0 radical (unpaired) electrons. The number of carboxylic acids is 1. The number of carbonyl (C=O) groups is 2. The summed E-state index contributed by atoms with van der Waals surface area (Å²) in [5.74, 6) is -1.53. The average Bonchev–Trinajstić information content (AvgIpc) is 2.95. The van der Waals surface area contributed by atoms with E-state index in [1.165, 1.54) is 4.88 Å². The van der Waals surface area contributed by atoms with Gasteiger partial charge in [0.25, 0.3) is 0 Å². The van der Waals surface area contributed by atoms with Gasteiger partial charge in [-0.25, -0.2) is 0 Å². The summed E-state index contributed by atoms with van der Waals surface area (Å²) in [6.07, 6.45) is -0.937. The van der Waals surface area contributed by atoms with Gasteiger partial charge in [0.2, 0.25) is 5.91 Å². The van der Waals surface area contributed by atoms with Crippen LogP contribution in [0.4, 0.5) is 0 Å². The van der Waals surface area contributed by atoms with Gasteiger partial charge in [-0.05, 0) is 48.2 Å². The third-order valence-electron chi connectivity index (χ3n) is 3.32. The summed E-state index contributed by atoms with van der Waals surface area (Å²) in [6, 6.07) is 0. The Labute approximate surface area is 157 Å². The molecule has 2 heterocycles. The second kappa shape index (κ2) is 8.08. The molecule has 0 aromatic carbocycles. The molecule has 0 saturated carbocycles. The van der Waals surface area contributed by atoms with Crippen LogP contribution in [0.5, 0.6) is 0 Å². The fourth-order valence-electron chi connectivity index (χ4n) is 2.20. The average molecular weight is 384 g/mol. The van der Waals surface area contributed by atoms with Crippen molar-refractivity contribution >= 4 is 39.1 Å². The Hall–Kier alpha value is 0.0800. The molecule has 1 amide bonds. The zero-order chi connectivity index (χ0) is 14.9. The number of rotatable bonds is 4. The minimum Gasteiger partial charge on any atom is -0.547 e. The van der Waals surface area contributed by atoms with Gasteiger partial charge in [-0.1, -0.05) is 0 Å². The molecular weight excluding hydrogens is 369 g/mol. The van der Waals surface area contributed by atoms with E-state index >= 15 is 0 Å². The van der Waals surface area contributed by atoms with E-state index in [1.807, 2.05) is 13.8 Å². The molecule has 2 unspecified atom stereocenters. The van der Waals surface area contributed by atoms with Crippen LogP contribution < -0.4 is 40.0 Å². The standard InChI is InChI=1S/C13H16BrNO4S.Na/c1-6-8(11(14)7(2)20-6)5-15-12(16)9-3-4-10(19-9)13(17)18;/h9-10H,3-5H2,1-2H3,(H,15,16)(H,17,18);/q;+1/p-1. The van der Waals surface area contributed by atoms with Gasteiger partial charge in [0.05, 0.1) is 12.1 Å². The molecule has 1 aliphatic rings. The fourth-order valence-corrected chi connectivity index (χ4v) is 3.98. The molecule has 1 fully saturated rings. The fraction of sp³-hybridized carbons (Fsp3) is 0.538. The first-order chi connectivity index (χ1) is 9.40. The molecule has 1 aromatic rings. The maximum Gasteiger partial charge on any atom is 1.00 e. The number of halogens is 1. The molecule has 1 N–H and O–H groups in total. The SMILES string of the molecule is Cc1sc(C)c(CNC(=O)C2CCC(C(=O)[O-])O2)c1Br.[Na+]. The molecule has 1 aromatic heterocycles. The maximum atomic E-state index is 12.0. The first-order valence-corrected chi connectivity index (χ1v) is 7.89. The van der Waals surface area contributed by atoms with E-state index in [-0.39, 0.29) is 35.5 Å². The van der Waals surface area contributed by atoms with Crippen molar-refractivity contribution in [2.75, 3.05) is 0 Å². The summed E-state index contributed by atoms with van der Waals surface area (Å²) < 4.78 is 6.17. The Morgan fingerprint density at radius 3 is 2.43 bits per heavy atom. The molecule has 0 spiro atoms. The quantitative estimate of drug-likeness (QED) is 0.612. The molecular formula is C13H15BrNNaO4S. The van der Waals surface area contributed by atoms with Gasteiger partial charge in [-0.15, -0.1) is 11.3 Å². The van der Waals surface area contributed by atoms with E-state index in [0.29, 0.717) is 19.4 Å². The van der Waals surface area contributed by atoms with Crippen LogP contribution in [0.3, 0.4) is 0 Å². The van der Waals surface area contributed by atoms with E-state index in [9.17, 15) is 14.7 Å². The minimum absolute atomic E-state index is 0. The second-order valence-corrected chi connectivity index (χ2v) is 6.96. The third-order valence-corrected chi connectivity index (χ3v) is 5.72. The van der Waals surface area contributed by atoms with E-state index < -0.39 is 18.2 Å². The molecule has 21 heavy (non-hydrogen) atoms. The van der Waals surface area contributed by atoms with E-state index in [1.54, 1.807) is 11.3 Å². The molecule has 8 heteroatoms. The van der Waals surface area contributed by atoms with Gasteiger partial charge in [-0.3, -0.25) is 4.79 Å². The van der Waals surface area contributed by atoms with Crippen LogP contribution in [0.25, 0.3) is 0 Å². The van der Waals surface area contributed by atoms with Crippen LogP contribution >= 0.6 is 27.3 Å². The zero-order valence-electron chi connectivity index (χ0n) is 12.2. The topological polar surface area (TPSA) is 78.5 Å². The number of thiophene rings is 1. The first kappa shape index (κ1) is 19.1. The Morgan fingerprint density at radius 2 is 1.95 bits per heavy atom. The number of hydrogen-bond donors (Lipinski definition) is 1. The van der Waals surface area contributed by atoms with Gasteiger partial charge in [0, 0.05) is 20.8 Å². The van der Waals surface area contributed by atoms with Gasteiger partial charge >= 0.3 is 29.6 Å². The number of aliphatic carboxylic acids is 1. The first-order valence-electron chi connectivity index (χ1n) is 6.28. The summed E-state index contributed by atoms with van der Waals surface area (Å²) in [5.41, 5.74) is 1.05. The molecule has 0 bridgehead atoms. The second-order valence-electron chi connectivity index (χ2n) is 4.73. The predicted octanol–water partition coefficient (Wildman–Crippen LogP) is -1.95. The number of carboxylic acid groups (broad SMARTS) is 1. The summed E-state index contributed by atoms with van der Waals surface area (Å²) >= 11 is 5.17. The number of carbonyl (C=O) groups excluding carboxylic acids is 2. The van der Waals surface area contributed by atoms with Crippen LogP contribution in [0.2, 0.25) is 0 Å². The Bertz CT molecular complexity index is 549. The van der Waals surface area contributed by atoms with E-state index in [2.05, 4.69) is 21.2 Å². The van der Waals surface area contributed by atoms with Gasteiger partial charge < -0.3 is 20.0 Å². The number of aryl methyl sites for hydroxylation is 2. The Balaban J connectivity index is 0.00000220. The number of hydrogen-bond acceptors (Lipinski definition) is 5. The van der Waals surface area contributed by atoms with Crippen molar-refractivity contribution in [1.29, 1.82) is 0 Å². The monoisotopic (exact) mass is 383 g/mol. The summed E-state index contributed by atoms with van der Waals surface area (Å²) in [5, 5.41) is 13.5. The van der Waals surface area contributed by atoms with Crippen molar-refractivity contribution < 1.29 is 49.0 Å². The maximum absolute atomic E-state index is 12.0. The molecule has 1 aliphatic heterocycles. The minimum atomic E-state index is -1.26. The number of nitrogens with one attached hydrogen (secondary N) is 1. The number of amides is 1. The van der Waals surface area contributed by atoms with Crippen molar-refractivity contribution in [1.82, 2.24) is 5.32 Å². The molecule has 0 aliphatic carbocycles. The van der Waals surface area contributed by atoms with Crippen LogP contribution in [-0.4, -0.2) is 24.1 Å². The summed E-state index contributed by atoms with van der Waals surface area (Å²) in [6.45, 7) is 4.42. The summed E-state index contributed by atoms with van der Waals surface area (Å²) in [4.78, 5) is 24.9. The van der Waals surface area contributed by atoms with Crippen LogP contribution in [0.15, 0.2) is 4.47 Å². The number of ether oxygens (including phenoxy) is 1. The molecule has 2 rings (SSSR count). The van der Waals surface area contributed by atoms with Crippen molar-refractivity contribution in [3.05, 3.63) is 19.8 Å². The van der Waals surface area contributed by atoms with E-state index in [4.69, 9.17) is 4.74 Å². The summed E-state index contributed by atoms with van der Waals surface area (Å²) in [7, 11) is 0. The Morgan fingerprint density at radius 1 is 1.33 bits per heavy atom. The third kappa shape index (κ3) is 4.53. The Kier molecular flexibility index (Phi) is 7.36. The van der Waals surface area contributed by atoms with Crippen LogP contribution in [-0.2, 0) is 20.9 Å². The smallest absolute Gasteiger partial charge is 0.547 e. The van der Waals surface area contributed by atoms with Crippen molar-refractivity contribution in [3.8, 4) is 0 Å².